The summed E-state index contributed by atoms with van der Waals surface area (Å²) in [6, 6.07) is 11.3. The SMILES string of the molecule is CNC(CN1CCCC(C)C1C)c1cc2ccccc2o1. The average molecular weight is 286 g/mol. The first-order valence-electron chi connectivity index (χ1n) is 8.09. The van der Waals surface area contributed by atoms with Gasteiger partial charge in [0.1, 0.15) is 11.3 Å². The van der Waals surface area contributed by atoms with E-state index in [0.29, 0.717) is 6.04 Å². The van der Waals surface area contributed by atoms with Gasteiger partial charge in [-0.1, -0.05) is 25.1 Å². The number of fused-ring (bicyclic) bond motifs is 1. The van der Waals surface area contributed by atoms with Crippen LogP contribution in [0.3, 0.4) is 0 Å². The van der Waals surface area contributed by atoms with Crippen LogP contribution in [0.1, 0.15) is 38.5 Å². The highest BCUT2D eigenvalue weighted by atomic mass is 16.3. The fourth-order valence-electron chi connectivity index (χ4n) is 3.41. The summed E-state index contributed by atoms with van der Waals surface area (Å²) in [6.45, 7) is 6.94. The summed E-state index contributed by atoms with van der Waals surface area (Å²) in [5.74, 6) is 1.83. The van der Waals surface area contributed by atoms with Crippen LogP contribution in [0.4, 0.5) is 0 Å². The van der Waals surface area contributed by atoms with E-state index in [1.807, 2.05) is 19.2 Å². The van der Waals surface area contributed by atoms with E-state index in [4.69, 9.17) is 4.42 Å². The first-order valence-corrected chi connectivity index (χ1v) is 8.09. The first-order chi connectivity index (χ1) is 10.2. The van der Waals surface area contributed by atoms with E-state index in [0.717, 1.165) is 23.8 Å². The van der Waals surface area contributed by atoms with E-state index >= 15 is 0 Å². The van der Waals surface area contributed by atoms with Crippen LogP contribution in [0.25, 0.3) is 11.0 Å². The highest BCUT2D eigenvalue weighted by Crippen LogP contribution is 2.28. The van der Waals surface area contributed by atoms with E-state index in [2.05, 4.69) is 42.3 Å². The van der Waals surface area contributed by atoms with Gasteiger partial charge in [-0.05, 0) is 51.4 Å². The molecule has 114 valence electrons. The molecule has 1 aromatic carbocycles. The van der Waals surface area contributed by atoms with Crippen LogP contribution < -0.4 is 5.32 Å². The fourth-order valence-corrected chi connectivity index (χ4v) is 3.41. The van der Waals surface area contributed by atoms with Crippen molar-refractivity contribution < 1.29 is 4.42 Å². The third-order valence-electron chi connectivity index (χ3n) is 5.06. The number of likely N-dealkylation sites (N-methyl/N-ethyl adjacent to an activating group) is 1. The van der Waals surface area contributed by atoms with Crippen LogP contribution in [0, 0.1) is 5.92 Å². The molecule has 0 spiro atoms. The molecule has 3 heteroatoms. The van der Waals surface area contributed by atoms with Crippen LogP contribution in [0.5, 0.6) is 0 Å². The molecule has 1 saturated heterocycles. The van der Waals surface area contributed by atoms with E-state index in [9.17, 15) is 0 Å². The Balaban J connectivity index is 1.78. The van der Waals surface area contributed by atoms with Crippen molar-refractivity contribution >= 4 is 11.0 Å². The van der Waals surface area contributed by atoms with Crippen LogP contribution in [0.2, 0.25) is 0 Å². The number of para-hydroxylation sites is 1. The molecule has 1 aliphatic heterocycles. The van der Waals surface area contributed by atoms with Gasteiger partial charge in [0.2, 0.25) is 0 Å². The lowest BCUT2D eigenvalue weighted by Crippen LogP contribution is -2.45. The molecule has 2 heterocycles. The summed E-state index contributed by atoms with van der Waals surface area (Å²) in [6.07, 6.45) is 2.66. The summed E-state index contributed by atoms with van der Waals surface area (Å²) in [5, 5.41) is 4.61. The van der Waals surface area contributed by atoms with Gasteiger partial charge < -0.3 is 9.73 Å². The number of likely N-dealkylation sites (tertiary alicyclic amines) is 1. The molecule has 1 N–H and O–H groups in total. The number of rotatable bonds is 4. The molecule has 1 fully saturated rings. The fraction of sp³-hybridized carbons (Fsp3) is 0.556. The molecule has 3 nitrogen and oxygen atoms in total. The van der Waals surface area contributed by atoms with Crippen molar-refractivity contribution in [2.45, 2.75) is 38.8 Å². The quantitative estimate of drug-likeness (QED) is 0.926. The number of benzene rings is 1. The van der Waals surface area contributed by atoms with Crippen molar-refractivity contribution in [2.75, 3.05) is 20.1 Å². The van der Waals surface area contributed by atoms with Crippen LogP contribution in [-0.2, 0) is 0 Å². The molecule has 2 aromatic rings. The highest BCUT2D eigenvalue weighted by molar-refractivity contribution is 5.77. The molecule has 1 aromatic heterocycles. The molecule has 0 radical (unpaired) electrons. The minimum absolute atomic E-state index is 0.255. The normalized spacial score (nSPS) is 25.3. The van der Waals surface area contributed by atoms with Crippen molar-refractivity contribution in [1.29, 1.82) is 0 Å². The minimum atomic E-state index is 0.255. The van der Waals surface area contributed by atoms with E-state index < -0.39 is 0 Å². The lowest BCUT2D eigenvalue weighted by atomic mass is 9.91. The maximum absolute atomic E-state index is 6.04. The van der Waals surface area contributed by atoms with Gasteiger partial charge in [-0.25, -0.2) is 0 Å². The lowest BCUT2D eigenvalue weighted by Gasteiger charge is -2.39. The third kappa shape index (κ3) is 2.99. The Morgan fingerprint density at radius 2 is 2.14 bits per heavy atom. The van der Waals surface area contributed by atoms with Crippen LogP contribution in [0.15, 0.2) is 34.7 Å². The Labute approximate surface area is 127 Å². The molecule has 3 rings (SSSR count). The minimum Gasteiger partial charge on any atom is -0.459 e. The largest absolute Gasteiger partial charge is 0.459 e. The van der Waals surface area contributed by atoms with Gasteiger partial charge in [0, 0.05) is 18.0 Å². The first kappa shape index (κ1) is 14.6. The predicted molar refractivity (Wildman–Crippen MR) is 87.4 cm³/mol. The standard InChI is InChI=1S/C18H26N2O/c1-13-7-6-10-20(14(13)2)12-16(19-3)18-11-15-8-4-5-9-17(15)21-18/h4-5,8-9,11,13-14,16,19H,6-7,10,12H2,1-3H3. The van der Waals surface area contributed by atoms with Crippen molar-refractivity contribution in [3.05, 3.63) is 36.1 Å². The summed E-state index contributed by atoms with van der Waals surface area (Å²) in [7, 11) is 2.02. The second kappa shape index (κ2) is 6.20. The second-order valence-corrected chi connectivity index (χ2v) is 6.38. The topological polar surface area (TPSA) is 28.4 Å². The molecule has 1 aliphatic rings. The summed E-state index contributed by atoms with van der Waals surface area (Å²) >= 11 is 0. The smallest absolute Gasteiger partial charge is 0.134 e. The van der Waals surface area contributed by atoms with E-state index in [1.54, 1.807) is 0 Å². The maximum Gasteiger partial charge on any atom is 0.134 e. The van der Waals surface area contributed by atoms with Gasteiger partial charge in [-0.3, -0.25) is 4.90 Å². The van der Waals surface area contributed by atoms with E-state index in [1.165, 1.54) is 24.8 Å². The molecular formula is C18H26N2O. The lowest BCUT2D eigenvalue weighted by molar-refractivity contribution is 0.0999. The zero-order chi connectivity index (χ0) is 14.8. The molecule has 0 aliphatic carbocycles. The number of hydrogen-bond donors (Lipinski definition) is 1. The van der Waals surface area contributed by atoms with Crippen molar-refractivity contribution in [3.8, 4) is 0 Å². The van der Waals surface area contributed by atoms with Crippen LogP contribution in [-0.4, -0.2) is 31.1 Å². The monoisotopic (exact) mass is 286 g/mol. The number of furan rings is 1. The Bertz CT molecular complexity index is 559. The highest BCUT2D eigenvalue weighted by Gasteiger charge is 2.27. The molecule has 3 atom stereocenters. The summed E-state index contributed by atoms with van der Waals surface area (Å²) in [5.41, 5.74) is 0.979. The molecule has 0 saturated carbocycles. The number of nitrogens with zero attached hydrogens (tertiary/aromatic N) is 1. The Hall–Kier alpha value is -1.32. The van der Waals surface area contributed by atoms with Gasteiger partial charge in [0.15, 0.2) is 0 Å². The third-order valence-corrected chi connectivity index (χ3v) is 5.06. The van der Waals surface area contributed by atoms with Gasteiger partial charge in [0.05, 0.1) is 6.04 Å². The second-order valence-electron chi connectivity index (χ2n) is 6.38. The number of hydrogen-bond acceptors (Lipinski definition) is 3. The van der Waals surface area contributed by atoms with Crippen molar-refractivity contribution in [3.63, 3.8) is 0 Å². The predicted octanol–water partition coefficient (Wildman–Crippen LogP) is 3.81. The Kier molecular flexibility index (Phi) is 4.32. The molecule has 0 bridgehead atoms. The summed E-state index contributed by atoms with van der Waals surface area (Å²) in [4.78, 5) is 2.60. The number of piperidine rings is 1. The molecule has 21 heavy (non-hydrogen) atoms. The number of nitrogens with one attached hydrogen (secondary N) is 1. The van der Waals surface area contributed by atoms with Crippen molar-refractivity contribution in [1.82, 2.24) is 10.2 Å². The average Bonchev–Trinajstić information content (AvgIpc) is 2.92. The molecule has 3 unspecified atom stereocenters. The van der Waals surface area contributed by atoms with Gasteiger partial charge in [0.25, 0.3) is 0 Å². The summed E-state index contributed by atoms with van der Waals surface area (Å²) < 4.78 is 6.04. The molecular weight excluding hydrogens is 260 g/mol. The van der Waals surface area contributed by atoms with Crippen molar-refractivity contribution in [2.24, 2.45) is 5.92 Å². The zero-order valence-corrected chi connectivity index (χ0v) is 13.3. The maximum atomic E-state index is 6.04. The Morgan fingerprint density at radius 1 is 1.33 bits per heavy atom. The van der Waals surface area contributed by atoms with Gasteiger partial charge >= 0.3 is 0 Å². The molecule has 0 amide bonds. The van der Waals surface area contributed by atoms with E-state index in [-0.39, 0.29) is 6.04 Å². The van der Waals surface area contributed by atoms with Gasteiger partial charge in [-0.2, -0.15) is 0 Å². The Morgan fingerprint density at radius 3 is 2.90 bits per heavy atom. The van der Waals surface area contributed by atoms with Crippen LogP contribution >= 0.6 is 0 Å². The van der Waals surface area contributed by atoms with Gasteiger partial charge in [-0.15, -0.1) is 0 Å². The zero-order valence-electron chi connectivity index (χ0n) is 13.3.